The van der Waals surface area contributed by atoms with Gasteiger partial charge in [0.1, 0.15) is 5.65 Å². The molecule has 154 valence electrons. The lowest BCUT2D eigenvalue weighted by molar-refractivity contribution is 1.23. The summed E-state index contributed by atoms with van der Waals surface area (Å²) >= 11 is 0. The molecular formula is C29H23N2P. The standard InChI is InChI=1S/C18H15P.C11H8N2/c1-4-10-16(11-5-1)19(17-12-6-2-7-13-17)18-14-8-3-9-15-18;1-2-6-10-9(5-1)12-11-7-3-4-8-13(10)11/h1-15H;1-8H. The number of hydrogen-bond donors (Lipinski definition) is 0. The molecule has 32 heavy (non-hydrogen) atoms. The molecule has 0 aliphatic heterocycles. The molecule has 6 rings (SSSR count). The number of rotatable bonds is 3. The van der Waals surface area contributed by atoms with E-state index in [-0.39, 0.29) is 0 Å². The number of imidazole rings is 1. The van der Waals surface area contributed by atoms with Crippen LogP contribution in [-0.2, 0) is 0 Å². The third kappa shape index (κ3) is 4.32. The summed E-state index contributed by atoms with van der Waals surface area (Å²) in [5.74, 6) is 0. The van der Waals surface area contributed by atoms with E-state index in [2.05, 4.69) is 106 Å². The number of nitrogens with zero attached hydrogens (tertiary/aromatic N) is 2. The Morgan fingerprint density at radius 2 is 0.938 bits per heavy atom. The Labute approximate surface area is 189 Å². The van der Waals surface area contributed by atoms with Crippen molar-refractivity contribution < 1.29 is 0 Å². The first-order valence-electron chi connectivity index (χ1n) is 10.7. The molecule has 0 N–H and O–H groups in total. The first kappa shape index (κ1) is 20.2. The summed E-state index contributed by atoms with van der Waals surface area (Å²) < 4.78 is 2.09. The Morgan fingerprint density at radius 3 is 1.50 bits per heavy atom. The smallest absolute Gasteiger partial charge is 0.137 e. The van der Waals surface area contributed by atoms with E-state index in [0.29, 0.717) is 0 Å². The first-order valence-corrected chi connectivity index (χ1v) is 12.0. The van der Waals surface area contributed by atoms with Crippen LogP contribution in [-0.4, -0.2) is 9.38 Å². The van der Waals surface area contributed by atoms with Crippen molar-refractivity contribution in [1.82, 2.24) is 9.38 Å². The Hall–Kier alpha value is -3.74. The zero-order valence-electron chi connectivity index (χ0n) is 17.6. The van der Waals surface area contributed by atoms with Crippen LogP contribution in [0.25, 0.3) is 16.7 Å². The van der Waals surface area contributed by atoms with Crippen LogP contribution >= 0.6 is 7.92 Å². The van der Waals surface area contributed by atoms with Crippen LogP contribution in [0.2, 0.25) is 0 Å². The van der Waals surface area contributed by atoms with Gasteiger partial charge in [-0.25, -0.2) is 4.98 Å². The van der Waals surface area contributed by atoms with Gasteiger partial charge in [-0.1, -0.05) is 109 Å². The largest absolute Gasteiger partial charge is 0.300 e. The molecule has 4 aromatic carbocycles. The molecule has 0 spiro atoms. The fourth-order valence-corrected chi connectivity index (χ4v) is 6.10. The molecule has 0 radical (unpaired) electrons. The summed E-state index contributed by atoms with van der Waals surface area (Å²) in [5.41, 5.74) is 3.22. The lowest BCUT2D eigenvalue weighted by Crippen LogP contribution is -2.20. The molecule has 2 aromatic heterocycles. The van der Waals surface area contributed by atoms with Gasteiger partial charge in [-0.05, 0) is 48.1 Å². The van der Waals surface area contributed by atoms with E-state index in [4.69, 9.17) is 0 Å². The molecule has 0 bridgehead atoms. The van der Waals surface area contributed by atoms with Gasteiger partial charge in [-0.15, -0.1) is 0 Å². The summed E-state index contributed by atoms with van der Waals surface area (Å²) in [6.07, 6.45) is 2.03. The van der Waals surface area contributed by atoms with Crippen molar-refractivity contribution >= 4 is 40.5 Å². The summed E-state index contributed by atoms with van der Waals surface area (Å²) in [7, 11) is -0.446. The minimum atomic E-state index is -0.446. The maximum atomic E-state index is 4.48. The second-order valence-corrected chi connectivity index (χ2v) is 9.59. The number of fused-ring (bicyclic) bond motifs is 3. The zero-order chi connectivity index (χ0) is 21.6. The summed E-state index contributed by atoms with van der Waals surface area (Å²) in [6, 6.07) is 46.5. The molecule has 3 heteroatoms. The van der Waals surface area contributed by atoms with Crippen molar-refractivity contribution in [3.63, 3.8) is 0 Å². The van der Waals surface area contributed by atoms with E-state index in [9.17, 15) is 0 Å². The summed E-state index contributed by atoms with van der Waals surface area (Å²) in [6.45, 7) is 0. The molecule has 0 aliphatic carbocycles. The second-order valence-electron chi connectivity index (χ2n) is 7.37. The highest BCUT2D eigenvalue weighted by molar-refractivity contribution is 7.79. The van der Waals surface area contributed by atoms with Crippen LogP contribution < -0.4 is 15.9 Å². The summed E-state index contributed by atoms with van der Waals surface area (Å²) in [5, 5.41) is 4.19. The van der Waals surface area contributed by atoms with Crippen molar-refractivity contribution in [2.24, 2.45) is 0 Å². The van der Waals surface area contributed by atoms with Gasteiger partial charge in [-0.2, -0.15) is 0 Å². The number of para-hydroxylation sites is 2. The number of aromatic nitrogens is 2. The normalized spacial score (nSPS) is 10.8. The highest BCUT2D eigenvalue weighted by Gasteiger charge is 2.15. The minimum Gasteiger partial charge on any atom is -0.300 e. The number of benzene rings is 4. The molecule has 2 nitrogen and oxygen atoms in total. The topological polar surface area (TPSA) is 17.3 Å². The van der Waals surface area contributed by atoms with Crippen LogP contribution in [0.4, 0.5) is 0 Å². The lowest BCUT2D eigenvalue weighted by Gasteiger charge is -2.18. The molecule has 0 atom stereocenters. The third-order valence-electron chi connectivity index (χ3n) is 5.26. The quantitative estimate of drug-likeness (QED) is 0.318. The van der Waals surface area contributed by atoms with Crippen LogP contribution in [0.5, 0.6) is 0 Å². The van der Waals surface area contributed by atoms with Gasteiger partial charge in [0.15, 0.2) is 0 Å². The van der Waals surface area contributed by atoms with Gasteiger partial charge >= 0.3 is 0 Å². The minimum absolute atomic E-state index is 0.446. The predicted molar refractivity (Wildman–Crippen MR) is 138 cm³/mol. The van der Waals surface area contributed by atoms with Crippen LogP contribution in [0, 0.1) is 0 Å². The molecule has 0 fully saturated rings. The van der Waals surface area contributed by atoms with E-state index >= 15 is 0 Å². The Balaban J connectivity index is 0.000000144. The molecule has 0 amide bonds. The fourth-order valence-electron chi connectivity index (χ4n) is 3.79. The van der Waals surface area contributed by atoms with Gasteiger partial charge in [0.05, 0.1) is 11.0 Å². The molecule has 0 aliphatic rings. The Kier molecular flexibility index (Phi) is 6.05. The first-order chi connectivity index (χ1) is 15.9. The molecule has 6 aromatic rings. The van der Waals surface area contributed by atoms with E-state index in [1.807, 2.05) is 42.6 Å². The van der Waals surface area contributed by atoms with E-state index in [1.54, 1.807) is 0 Å². The van der Waals surface area contributed by atoms with Crippen molar-refractivity contribution in [3.8, 4) is 0 Å². The van der Waals surface area contributed by atoms with Crippen LogP contribution in [0.3, 0.4) is 0 Å². The van der Waals surface area contributed by atoms with Crippen LogP contribution in [0.1, 0.15) is 0 Å². The predicted octanol–water partition coefficient (Wildman–Crippen LogP) is 5.93. The Bertz CT molecular complexity index is 1270. The second kappa shape index (κ2) is 9.60. The van der Waals surface area contributed by atoms with E-state index in [0.717, 1.165) is 16.7 Å². The molecule has 0 saturated heterocycles. The summed E-state index contributed by atoms with van der Waals surface area (Å²) in [4.78, 5) is 4.48. The lowest BCUT2D eigenvalue weighted by atomic mass is 10.3. The third-order valence-corrected chi connectivity index (χ3v) is 7.70. The van der Waals surface area contributed by atoms with Gasteiger partial charge in [0.2, 0.25) is 0 Å². The molecular weight excluding hydrogens is 407 g/mol. The molecule has 2 heterocycles. The zero-order valence-corrected chi connectivity index (χ0v) is 18.5. The maximum absolute atomic E-state index is 4.48. The number of pyridine rings is 1. The van der Waals surface area contributed by atoms with Gasteiger partial charge < -0.3 is 0 Å². The van der Waals surface area contributed by atoms with Crippen molar-refractivity contribution in [3.05, 3.63) is 140 Å². The average Bonchev–Trinajstić information content (AvgIpc) is 3.26. The maximum Gasteiger partial charge on any atom is 0.137 e. The highest BCUT2D eigenvalue weighted by Crippen LogP contribution is 2.32. The van der Waals surface area contributed by atoms with Crippen molar-refractivity contribution in [2.75, 3.05) is 0 Å². The van der Waals surface area contributed by atoms with E-state index < -0.39 is 7.92 Å². The molecule has 0 unspecified atom stereocenters. The van der Waals surface area contributed by atoms with E-state index in [1.165, 1.54) is 15.9 Å². The number of hydrogen-bond acceptors (Lipinski definition) is 1. The SMILES string of the molecule is c1ccc(P(c2ccccc2)c2ccccc2)cc1.c1ccc2c(c1)nc1ccccn12. The van der Waals surface area contributed by atoms with Crippen LogP contribution in [0.15, 0.2) is 140 Å². The monoisotopic (exact) mass is 430 g/mol. The highest BCUT2D eigenvalue weighted by atomic mass is 31.1. The fraction of sp³-hybridized carbons (Fsp3) is 0. The Morgan fingerprint density at radius 1 is 0.469 bits per heavy atom. The van der Waals surface area contributed by atoms with Crippen molar-refractivity contribution in [2.45, 2.75) is 0 Å². The van der Waals surface area contributed by atoms with Gasteiger partial charge in [-0.3, -0.25) is 4.40 Å². The van der Waals surface area contributed by atoms with Gasteiger partial charge in [0.25, 0.3) is 0 Å². The van der Waals surface area contributed by atoms with Gasteiger partial charge in [0, 0.05) is 6.20 Å². The van der Waals surface area contributed by atoms with Crippen molar-refractivity contribution in [1.29, 1.82) is 0 Å². The average molecular weight is 430 g/mol. The molecule has 0 saturated carbocycles.